The second-order valence-electron chi connectivity index (χ2n) is 20.8. The van der Waals surface area contributed by atoms with E-state index in [-0.39, 0.29) is 31.5 Å². The van der Waals surface area contributed by atoms with Crippen molar-refractivity contribution in [3.8, 4) is 0 Å². The average molecular weight is 981 g/mol. The third kappa shape index (κ3) is 49.2. The van der Waals surface area contributed by atoms with Crippen LogP contribution in [-0.2, 0) is 27.9 Å². The standard InChI is InChI=1S/C58H111N2O7P/c1-7-10-13-16-19-22-25-28-29-30-31-33-35-38-41-44-47-50-57(61)59-55(54-66-68(63,64)65-53-52-60(4,5)6)56(49-46-43-40-37-34-27-24-21-18-15-12-9-3)67-58(62)51-48-45-42-39-36-32-26-23-20-17-14-11-8-2/h32,36,42,45-46,49,55-56H,7-31,33-35,37-41,43-44,47-48,50-54H2,1-6H3,(H-,59,61,63,64)/p+1/b36-32-,45-42+,49-46+. The molecule has 10 heteroatoms. The lowest BCUT2D eigenvalue weighted by Crippen LogP contribution is -2.47. The van der Waals surface area contributed by atoms with Crippen LogP contribution < -0.4 is 5.32 Å². The third-order valence-corrected chi connectivity index (χ3v) is 13.8. The monoisotopic (exact) mass is 980 g/mol. The van der Waals surface area contributed by atoms with Crippen LogP contribution in [0.15, 0.2) is 36.5 Å². The van der Waals surface area contributed by atoms with E-state index in [1.165, 1.54) is 180 Å². The van der Waals surface area contributed by atoms with Gasteiger partial charge in [0.1, 0.15) is 19.3 Å². The van der Waals surface area contributed by atoms with Gasteiger partial charge in [0.25, 0.3) is 0 Å². The number of carbonyl (C=O) groups is 2. The fourth-order valence-corrected chi connectivity index (χ4v) is 9.08. The van der Waals surface area contributed by atoms with E-state index in [2.05, 4.69) is 44.3 Å². The molecule has 3 atom stereocenters. The molecule has 0 heterocycles. The summed E-state index contributed by atoms with van der Waals surface area (Å²) in [6, 6.07) is -0.865. The van der Waals surface area contributed by atoms with Crippen molar-refractivity contribution in [2.75, 3.05) is 40.9 Å². The van der Waals surface area contributed by atoms with Crippen molar-refractivity contribution < 1.29 is 37.3 Å². The Hall–Kier alpha value is -1.77. The summed E-state index contributed by atoms with van der Waals surface area (Å²) in [6.45, 7) is 6.98. The SMILES string of the molecule is CCCCCCCC/C=C\C/C=C/CCC(=O)OC(/C=C/CCCCCCCCCCCC)C(COP(=O)(O)OCC[N+](C)(C)C)NC(=O)CCCCCCCCCCCCCCCCCCC. The van der Waals surface area contributed by atoms with E-state index in [0.717, 1.165) is 51.4 Å². The molecule has 0 bridgehead atoms. The molecule has 9 nitrogen and oxygen atoms in total. The second kappa shape index (κ2) is 48.8. The molecule has 1 amide bonds. The number of unbranched alkanes of at least 4 members (excludes halogenated alkanes) is 32. The van der Waals surface area contributed by atoms with Gasteiger partial charge < -0.3 is 19.4 Å². The lowest BCUT2D eigenvalue weighted by Gasteiger charge is -2.27. The van der Waals surface area contributed by atoms with Crippen LogP contribution in [0.5, 0.6) is 0 Å². The third-order valence-electron chi connectivity index (χ3n) is 12.8. The van der Waals surface area contributed by atoms with E-state index in [9.17, 15) is 19.0 Å². The van der Waals surface area contributed by atoms with Gasteiger partial charge in [0.15, 0.2) is 0 Å². The van der Waals surface area contributed by atoms with Gasteiger partial charge in [-0.25, -0.2) is 4.57 Å². The molecular formula is C58H112N2O7P+. The second-order valence-corrected chi connectivity index (χ2v) is 22.3. The number of hydrogen-bond donors (Lipinski definition) is 2. The van der Waals surface area contributed by atoms with E-state index >= 15 is 0 Å². The Labute approximate surface area is 421 Å². The zero-order valence-corrected chi connectivity index (χ0v) is 46.5. The van der Waals surface area contributed by atoms with Crippen LogP contribution in [0.2, 0.25) is 0 Å². The molecule has 0 aliphatic heterocycles. The number of phosphoric acid groups is 1. The van der Waals surface area contributed by atoms with Crippen LogP contribution in [-0.4, -0.2) is 74.3 Å². The van der Waals surface area contributed by atoms with E-state index < -0.39 is 20.0 Å². The minimum absolute atomic E-state index is 0.0349. The number of ether oxygens (including phenoxy) is 1. The van der Waals surface area contributed by atoms with E-state index in [4.69, 9.17) is 13.8 Å². The number of phosphoric ester groups is 1. The highest BCUT2D eigenvalue weighted by Gasteiger charge is 2.30. The Morgan fingerprint density at radius 2 is 0.912 bits per heavy atom. The van der Waals surface area contributed by atoms with Gasteiger partial charge >= 0.3 is 13.8 Å². The summed E-state index contributed by atoms with van der Waals surface area (Å²) in [5.41, 5.74) is 0. The van der Waals surface area contributed by atoms with Gasteiger partial charge in [-0.2, -0.15) is 0 Å². The number of quaternary nitrogens is 1. The van der Waals surface area contributed by atoms with Crippen LogP contribution in [0.1, 0.15) is 271 Å². The summed E-state index contributed by atoms with van der Waals surface area (Å²) in [5.74, 6) is -0.574. The molecule has 0 saturated heterocycles. The molecule has 400 valence electrons. The molecule has 0 aliphatic rings. The fourth-order valence-electron chi connectivity index (χ4n) is 8.35. The molecule has 0 spiro atoms. The first-order valence-corrected chi connectivity index (χ1v) is 30.3. The smallest absolute Gasteiger partial charge is 0.456 e. The predicted octanol–water partition coefficient (Wildman–Crippen LogP) is 17.2. The lowest BCUT2D eigenvalue weighted by molar-refractivity contribution is -0.870. The Morgan fingerprint density at radius 1 is 0.515 bits per heavy atom. The van der Waals surface area contributed by atoms with Gasteiger partial charge in [-0.05, 0) is 51.0 Å². The predicted molar refractivity (Wildman–Crippen MR) is 291 cm³/mol. The Bertz CT molecular complexity index is 1270. The summed E-state index contributed by atoms with van der Waals surface area (Å²) >= 11 is 0. The van der Waals surface area contributed by atoms with Crippen molar-refractivity contribution in [1.82, 2.24) is 5.32 Å². The van der Waals surface area contributed by atoms with Crippen LogP contribution in [0, 0.1) is 0 Å². The molecule has 0 fully saturated rings. The number of carbonyl (C=O) groups excluding carboxylic acids is 2. The van der Waals surface area contributed by atoms with E-state index in [0.29, 0.717) is 23.9 Å². The molecule has 0 rings (SSSR count). The molecule has 0 aromatic heterocycles. The summed E-state index contributed by atoms with van der Waals surface area (Å²) in [6.07, 6.45) is 57.2. The Balaban J connectivity index is 5.37. The van der Waals surface area contributed by atoms with Gasteiger partial charge in [-0.1, -0.05) is 244 Å². The molecule has 0 saturated carbocycles. The van der Waals surface area contributed by atoms with E-state index in [1.807, 2.05) is 39.4 Å². The molecular weight excluding hydrogens is 868 g/mol. The van der Waals surface area contributed by atoms with Gasteiger partial charge in [-0.3, -0.25) is 18.6 Å². The van der Waals surface area contributed by atoms with Crippen molar-refractivity contribution in [1.29, 1.82) is 0 Å². The number of nitrogens with one attached hydrogen (secondary N) is 1. The summed E-state index contributed by atoms with van der Waals surface area (Å²) in [5, 5.41) is 3.04. The minimum atomic E-state index is -4.45. The van der Waals surface area contributed by atoms with Gasteiger partial charge in [0.05, 0.1) is 33.8 Å². The number of esters is 1. The van der Waals surface area contributed by atoms with Gasteiger partial charge in [0.2, 0.25) is 5.91 Å². The number of rotatable bonds is 52. The number of allylic oxidation sites excluding steroid dienone is 5. The van der Waals surface area contributed by atoms with Crippen LogP contribution >= 0.6 is 7.82 Å². The number of hydrogen-bond acceptors (Lipinski definition) is 6. The molecule has 68 heavy (non-hydrogen) atoms. The summed E-state index contributed by atoms with van der Waals surface area (Å²) < 4.78 is 30.5. The average Bonchev–Trinajstić information content (AvgIpc) is 3.29. The van der Waals surface area contributed by atoms with E-state index in [1.54, 1.807) is 0 Å². The largest absolute Gasteiger partial charge is 0.472 e. The maximum atomic E-state index is 13.5. The molecule has 0 aromatic rings. The first kappa shape index (κ1) is 66.2. The molecule has 0 aromatic carbocycles. The lowest BCUT2D eigenvalue weighted by atomic mass is 10.0. The van der Waals surface area contributed by atoms with Crippen LogP contribution in [0.25, 0.3) is 0 Å². The van der Waals surface area contributed by atoms with Crippen molar-refractivity contribution in [2.24, 2.45) is 0 Å². The zero-order chi connectivity index (χ0) is 50.1. The first-order valence-electron chi connectivity index (χ1n) is 28.8. The number of nitrogens with zero attached hydrogens (tertiary/aromatic N) is 1. The number of amides is 1. The highest BCUT2D eigenvalue weighted by Crippen LogP contribution is 2.43. The Kier molecular flexibility index (Phi) is 47.6. The van der Waals surface area contributed by atoms with Crippen LogP contribution in [0.4, 0.5) is 0 Å². The minimum Gasteiger partial charge on any atom is -0.456 e. The first-order chi connectivity index (χ1) is 32.9. The summed E-state index contributed by atoms with van der Waals surface area (Å²) in [4.78, 5) is 37.5. The van der Waals surface area contributed by atoms with Crippen LogP contribution in [0.3, 0.4) is 0 Å². The van der Waals surface area contributed by atoms with Gasteiger partial charge in [-0.15, -0.1) is 0 Å². The topological polar surface area (TPSA) is 111 Å². The van der Waals surface area contributed by atoms with Crippen molar-refractivity contribution in [2.45, 2.75) is 283 Å². The maximum Gasteiger partial charge on any atom is 0.472 e. The molecule has 3 unspecified atom stereocenters. The zero-order valence-electron chi connectivity index (χ0n) is 45.6. The number of likely N-dealkylation sites (N-methyl/N-ethyl adjacent to an activating group) is 1. The summed E-state index contributed by atoms with van der Waals surface area (Å²) in [7, 11) is 1.48. The van der Waals surface area contributed by atoms with Crippen molar-refractivity contribution in [3.63, 3.8) is 0 Å². The highest BCUT2D eigenvalue weighted by atomic mass is 31.2. The Morgan fingerprint density at radius 3 is 1.35 bits per heavy atom. The fraction of sp³-hybridized carbons (Fsp3) is 0.862. The van der Waals surface area contributed by atoms with Gasteiger partial charge in [0, 0.05) is 12.8 Å². The highest BCUT2D eigenvalue weighted by molar-refractivity contribution is 7.47. The molecule has 2 N–H and O–H groups in total. The molecule has 0 aliphatic carbocycles. The van der Waals surface area contributed by atoms with Crippen molar-refractivity contribution in [3.05, 3.63) is 36.5 Å². The molecule has 0 radical (unpaired) electrons. The normalized spacial score (nSPS) is 14.0. The van der Waals surface area contributed by atoms with Crippen molar-refractivity contribution >= 4 is 19.7 Å². The quantitative estimate of drug-likeness (QED) is 0.0205. The maximum absolute atomic E-state index is 13.5.